The van der Waals surface area contributed by atoms with Crippen LogP contribution < -0.4 is 5.32 Å². The number of likely N-dealkylation sites (N-methyl/N-ethyl adjacent to an activating group) is 1. The van der Waals surface area contributed by atoms with E-state index in [1.165, 1.54) is 0 Å². The van der Waals surface area contributed by atoms with Gasteiger partial charge >= 0.3 is 0 Å². The van der Waals surface area contributed by atoms with Gasteiger partial charge in [0.05, 0.1) is 21.6 Å². The second-order valence-corrected chi connectivity index (χ2v) is 9.80. The van der Waals surface area contributed by atoms with Crippen molar-refractivity contribution in [3.8, 4) is 11.3 Å². The highest BCUT2D eigenvalue weighted by atomic mass is 32.1. The summed E-state index contributed by atoms with van der Waals surface area (Å²) in [5.41, 5.74) is 4.43. The van der Waals surface area contributed by atoms with Crippen molar-refractivity contribution < 1.29 is 4.39 Å². The quantitative estimate of drug-likeness (QED) is 0.423. The van der Waals surface area contributed by atoms with Crippen LogP contribution in [0, 0.1) is 5.82 Å². The fourth-order valence-electron chi connectivity index (χ4n) is 4.36. The molecule has 1 aliphatic heterocycles. The van der Waals surface area contributed by atoms with Crippen molar-refractivity contribution in [2.24, 2.45) is 0 Å². The zero-order valence-corrected chi connectivity index (χ0v) is 20.9. The number of hydrogen-bond acceptors (Lipinski definition) is 6. The molecule has 33 heavy (non-hydrogen) atoms. The number of rotatable bonds is 10. The van der Waals surface area contributed by atoms with Gasteiger partial charge in [0, 0.05) is 50.4 Å². The fraction of sp³-hybridized carbons (Fsp3) is 0.500. The minimum atomic E-state index is -0.159. The third kappa shape index (κ3) is 6.09. The highest BCUT2D eigenvalue weighted by Crippen LogP contribution is 2.32. The summed E-state index contributed by atoms with van der Waals surface area (Å²) in [5.74, 6) is -0.159. The maximum atomic E-state index is 14.9. The molecule has 0 amide bonds. The van der Waals surface area contributed by atoms with Crippen LogP contribution in [0.1, 0.15) is 25.8 Å². The normalized spacial score (nSPS) is 15.5. The van der Waals surface area contributed by atoms with Crippen LogP contribution in [0.15, 0.2) is 35.7 Å². The van der Waals surface area contributed by atoms with Gasteiger partial charge < -0.3 is 15.1 Å². The molecule has 3 aromatic rings. The van der Waals surface area contributed by atoms with Gasteiger partial charge in [0.25, 0.3) is 0 Å². The lowest BCUT2D eigenvalue weighted by Gasteiger charge is -2.32. The van der Waals surface area contributed by atoms with Gasteiger partial charge in [0.15, 0.2) is 0 Å². The molecule has 0 spiro atoms. The molecule has 0 aliphatic carbocycles. The molecular weight excluding hydrogens is 433 g/mol. The van der Waals surface area contributed by atoms with E-state index < -0.39 is 0 Å². The number of halogens is 1. The molecule has 1 aliphatic rings. The van der Waals surface area contributed by atoms with E-state index in [4.69, 9.17) is 4.98 Å². The predicted molar refractivity (Wildman–Crippen MR) is 139 cm³/mol. The number of hydrogen-bond donors (Lipinski definition) is 1. The Morgan fingerprint density at radius 3 is 2.61 bits per heavy atom. The van der Waals surface area contributed by atoms with Crippen LogP contribution in [0.25, 0.3) is 21.5 Å². The molecule has 3 heterocycles. The minimum absolute atomic E-state index is 0.159. The average Bonchev–Trinajstić information content (AvgIpc) is 3.31. The summed E-state index contributed by atoms with van der Waals surface area (Å²) in [5, 5.41) is 5.71. The summed E-state index contributed by atoms with van der Waals surface area (Å²) in [7, 11) is 2.19. The molecule has 2 aromatic heterocycles. The van der Waals surface area contributed by atoms with E-state index in [0.717, 1.165) is 91.5 Å². The highest BCUT2D eigenvalue weighted by molar-refractivity contribution is 7.17. The Kier molecular flexibility index (Phi) is 8.30. The Morgan fingerprint density at radius 2 is 1.88 bits per heavy atom. The number of nitrogens with zero attached hydrogens (tertiary/aromatic N) is 4. The second kappa shape index (κ2) is 11.4. The van der Waals surface area contributed by atoms with Gasteiger partial charge in [-0.15, -0.1) is 11.3 Å². The first-order valence-electron chi connectivity index (χ1n) is 12.1. The molecule has 1 aromatic carbocycles. The van der Waals surface area contributed by atoms with Gasteiger partial charge in [-0.1, -0.05) is 26.0 Å². The first-order chi connectivity index (χ1) is 16.1. The Morgan fingerprint density at radius 1 is 1.09 bits per heavy atom. The van der Waals surface area contributed by atoms with Crippen LogP contribution in [-0.2, 0) is 6.54 Å². The number of nitrogens with one attached hydrogen (secondary N) is 1. The molecule has 0 saturated carbocycles. The summed E-state index contributed by atoms with van der Waals surface area (Å²) in [6.45, 7) is 13.3. The Labute approximate surface area is 201 Å². The lowest BCUT2D eigenvalue weighted by Crippen LogP contribution is -2.44. The average molecular weight is 470 g/mol. The van der Waals surface area contributed by atoms with Crippen molar-refractivity contribution in [3.63, 3.8) is 0 Å². The van der Waals surface area contributed by atoms with Crippen molar-refractivity contribution in [2.75, 3.05) is 64.7 Å². The maximum Gasteiger partial charge on any atom is 0.128 e. The number of aromatic nitrogens is 1. The number of piperazine rings is 1. The maximum absolute atomic E-state index is 14.9. The number of thiophene rings is 1. The molecule has 0 radical (unpaired) electrons. The van der Waals surface area contributed by atoms with Crippen molar-refractivity contribution in [1.29, 1.82) is 0 Å². The Balaban J connectivity index is 1.45. The molecule has 4 rings (SSSR count). The van der Waals surface area contributed by atoms with Gasteiger partial charge in [-0.3, -0.25) is 4.90 Å². The standard InChI is InChI=1S/C26H36FN5S/c1-4-31(5-2)19-21-8-7-20(17-22(21)27)24-18-25(26-23(29-24)9-16-33-26)28-10-6-11-32-14-12-30(3)13-15-32/h7-9,16-18H,4-6,10-15,19H2,1-3H3,(H,28,29). The predicted octanol–water partition coefficient (Wildman–Crippen LogP) is 4.99. The molecule has 0 unspecified atom stereocenters. The van der Waals surface area contributed by atoms with Crippen LogP contribution in [-0.4, -0.2) is 79.1 Å². The molecule has 0 bridgehead atoms. The van der Waals surface area contributed by atoms with Crippen molar-refractivity contribution >= 4 is 27.2 Å². The van der Waals surface area contributed by atoms with E-state index in [1.54, 1.807) is 17.4 Å². The van der Waals surface area contributed by atoms with Crippen molar-refractivity contribution in [1.82, 2.24) is 19.7 Å². The minimum Gasteiger partial charge on any atom is -0.384 e. The van der Waals surface area contributed by atoms with Gasteiger partial charge in [0.1, 0.15) is 5.82 Å². The van der Waals surface area contributed by atoms with E-state index in [9.17, 15) is 4.39 Å². The smallest absolute Gasteiger partial charge is 0.128 e. The number of anilines is 1. The number of fused-ring (bicyclic) bond motifs is 1. The van der Waals surface area contributed by atoms with Crippen LogP contribution in [0.5, 0.6) is 0 Å². The monoisotopic (exact) mass is 469 g/mol. The van der Waals surface area contributed by atoms with Crippen LogP contribution in [0.3, 0.4) is 0 Å². The summed E-state index contributed by atoms with van der Waals surface area (Å²) < 4.78 is 16.1. The number of benzene rings is 1. The zero-order chi connectivity index (χ0) is 23.2. The summed E-state index contributed by atoms with van der Waals surface area (Å²) in [4.78, 5) is 12.0. The summed E-state index contributed by atoms with van der Waals surface area (Å²) >= 11 is 1.70. The van der Waals surface area contributed by atoms with Crippen LogP contribution in [0.4, 0.5) is 10.1 Å². The molecule has 1 saturated heterocycles. The highest BCUT2D eigenvalue weighted by Gasteiger charge is 2.14. The van der Waals surface area contributed by atoms with E-state index in [-0.39, 0.29) is 5.82 Å². The third-order valence-corrected chi connectivity index (χ3v) is 7.55. The van der Waals surface area contributed by atoms with Gasteiger partial charge in [-0.2, -0.15) is 0 Å². The van der Waals surface area contributed by atoms with Gasteiger partial charge in [0.2, 0.25) is 0 Å². The topological polar surface area (TPSA) is 34.6 Å². The molecule has 5 nitrogen and oxygen atoms in total. The lowest BCUT2D eigenvalue weighted by molar-refractivity contribution is 0.154. The lowest BCUT2D eigenvalue weighted by atomic mass is 10.1. The van der Waals surface area contributed by atoms with Crippen LogP contribution >= 0.6 is 11.3 Å². The SMILES string of the molecule is CCN(CC)Cc1ccc(-c2cc(NCCCN3CCN(C)CC3)c3sccc3n2)cc1F. The first-order valence-corrected chi connectivity index (χ1v) is 13.0. The van der Waals surface area contributed by atoms with E-state index >= 15 is 0 Å². The summed E-state index contributed by atoms with van der Waals surface area (Å²) in [6, 6.07) is 9.67. The fourth-order valence-corrected chi connectivity index (χ4v) is 5.18. The van der Waals surface area contributed by atoms with E-state index in [0.29, 0.717) is 6.54 Å². The van der Waals surface area contributed by atoms with Gasteiger partial charge in [-0.05, 0) is 56.7 Å². The molecule has 178 valence electrons. The second-order valence-electron chi connectivity index (χ2n) is 8.88. The Hall–Kier alpha value is -2.06. The zero-order valence-electron chi connectivity index (χ0n) is 20.1. The molecule has 7 heteroatoms. The van der Waals surface area contributed by atoms with Crippen molar-refractivity contribution in [2.45, 2.75) is 26.8 Å². The van der Waals surface area contributed by atoms with Crippen LogP contribution in [0.2, 0.25) is 0 Å². The van der Waals surface area contributed by atoms with Crippen molar-refractivity contribution in [3.05, 3.63) is 47.1 Å². The Bertz CT molecular complexity index is 1040. The molecular formula is C26H36FN5S. The largest absolute Gasteiger partial charge is 0.384 e. The molecule has 1 N–H and O–H groups in total. The van der Waals surface area contributed by atoms with E-state index in [2.05, 4.69) is 52.4 Å². The molecule has 0 atom stereocenters. The molecule has 1 fully saturated rings. The summed E-state index contributed by atoms with van der Waals surface area (Å²) in [6.07, 6.45) is 1.10. The third-order valence-electron chi connectivity index (χ3n) is 6.61. The van der Waals surface area contributed by atoms with Gasteiger partial charge in [-0.25, -0.2) is 9.37 Å². The number of pyridine rings is 1. The van der Waals surface area contributed by atoms with E-state index in [1.807, 2.05) is 18.2 Å². The first kappa shape index (κ1) is 24.1.